The van der Waals surface area contributed by atoms with E-state index in [0.29, 0.717) is 22.4 Å². The van der Waals surface area contributed by atoms with Crippen LogP contribution in [0.5, 0.6) is 0 Å². The Kier molecular flexibility index (Phi) is 5.41. The summed E-state index contributed by atoms with van der Waals surface area (Å²) in [6.45, 7) is 0.281. The highest BCUT2D eigenvalue weighted by atomic mass is 35.5. The van der Waals surface area contributed by atoms with Crippen LogP contribution in [0.2, 0.25) is 0 Å². The molecule has 1 aliphatic rings. The molecule has 1 amide bonds. The second-order valence-corrected chi connectivity index (χ2v) is 7.06. The van der Waals surface area contributed by atoms with Crippen molar-refractivity contribution in [2.45, 2.75) is 6.54 Å². The van der Waals surface area contributed by atoms with Crippen molar-refractivity contribution in [3.05, 3.63) is 106 Å². The Balaban J connectivity index is 1.44. The Labute approximate surface area is 177 Å². The van der Waals surface area contributed by atoms with E-state index < -0.39 is 0 Å². The van der Waals surface area contributed by atoms with Crippen molar-refractivity contribution in [2.75, 3.05) is 5.32 Å². The van der Waals surface area contributed by atoms with Crippen LogP contribution in [0.3, 0.4) is 0 Å². The molecule has 0 saturated heterocycles. The molecule has 6 nitrogen and oxygen atoms in total. The first kappa shape index (κ1) is 19.5. The van der Waals surface area contributed by atoms with Crippen molar-refractivity contribution in [3.8, 4) is 0 Å². The number of benzene rings is 2. The largest absolute Gasteiger partial charge is 0.376 e. The fourth-order valence-electron chi connectivity index (χ4n) is 3.14. The Morgan fingerprint density at radius 2 is 1.50 bits per heavy atom. The standard InChI is InChI=1S/C23H16ClN3O3/c24-19-20(22(29)18-4-2-1-3-17(18)21(19)28)26-13-14-5-7-15(8-6-14)23(30)27-16-9-11-25-12-10-16/h1-12,26H,13H2,(H,25,27,30)/p+1. The van der Waals surface area contributed by atoms with Crippen molar-refractivity contribution >= 4 is 34.8 Å². The third-order valence-electron chi connectivity index (χ3n) is 4.72. The fourth-order valence-corrected chi connectivity index (χ4v) is 3.40. The maximum Gasteiger partial charge on any atom is 0.255 e. The molecule has 1 heterocycles. The minimum absolute atomic E-state index is 0.0862. The SMILES string of the molecule is O=C(Nc1cc[nH+]cc1)c1ccc(CNC2=C(Cl)C(=O)c3ccccc3C2=O)cc1. The summed E-state index contributed by atoms with van der Waals surface area (Å²) in [4.78, 5) is 40.3. The molecule has 0 radical (unpaired) electrons. The van der Waals surface area contributed by atoms with Crippen molar-refractivity contribution in [1.82, 2.24) is 5.32 Å². The first-order valence-corrected chi connectivity index (χ1v) is 9.61. The number of fused-ring (bicyclic) bond motifs is 1. The van der Waals surface area contributed by atoms with Gasteiger partial charge in [-0.05, 0) is 17.7 Å². The summed E-state index contributed by atoms with van der Waals surface area (Å²) in [6.07, 6.45) is 3.44. The van der Waals surface area contributed by atoms with Gasteiger partial charge >= 0.3 is 0 Å². The van der Waals surface area contributed by atoms with E-state index in [-0.39, 0.29) is 34.7 Å². The smallest absolute Gasteiger partial charge is 0.255 e. The number of rotatable bonds is 5. The van der Waals surface area contributed by atoms with E-state index in [1.54, 1.807) is 73.1 Å². The van der Waals surface area contributed by atoms with Crippen LogP contribution in [-0.4, -0.2) is 17.5 Å². The van der Waals surface area contributed by atoms with Gasteiger partial charge in [0.05, 0.1) is 5.69 Å². The molecular formula is C23H17ClN3O3+. The van der Waals surface area contributed by atoms with Crippen LogP contribution in [0.25, 0.3) is 0 Å². The molecule has 1 aromatic heterocycles. The number of hydrogen-bond donors (Lipinski definition) is 2. The average molecular weight is 419 g/mol. The van der Waals surface area contributed by atoms with Gasteiger partial charge in [0, 0.05) is 35.4 Å². The predicted molar refractivity (Wildman–Crippen MR) is 112 cm³/mol. The fraction of sp³-hybridized carbons (Fsp3) is 0.0435. The Morgan fingerprint density at radius 3 is 2.17 bits per heavy atom. The van der Waals surface area contributed by atoms with E-state index in [2.05, 4.69) is 15.6 Å². The summed E-state index contributed by atoms with van der Waals surface area (Å²) in [7, 11) is 0. The zero-order valence-electron chi connectivity index (χ0n) is 15.7. The van der Waals surface area contributed by atoms with Crippen LogP contribution in [0.4, 0.5) is 5.69 Å². The minimum atomic E-state index is -0.375. The molecule has 4 rings (SSSR count). The van der Waals surface area contributed by atoms with Crippen LogP contribution >= 0.6 is 11.6 Å². The van der Waals surface area contributed by atoms with Gasteiger partial charge in [-0.1, -0.05) is 48.0 Å². The second kappa shape index (κ2) is 8.31. The third kappa shape index (κ3) is 3.86. The Morgan fingerprint density at radius 1 is 0.867 bits per heavy atom. The number of Topliss-reactive ketones (excluding diaryl/α,β-unsaturated/α-hetero) is 2. The molecule has 0 atom stereocenters. The van der Waals surface area contributed by atoms with Crippen molar-refractivity contribution in [1.29, 1.82) is 0 Å². The average Bonchev–Trinajstić information content (AvgIpc) is 2.78. The summed E-state index contributed by atoms with van der Waals surface area (Å²) in [5.74, 6) is -0.915. The molecule has 0 unspecified atom stereocenters. The molecule has 2 aromatic carbocycles. The lowest BCUT2D eigenvalue weighted by molar-refractivity contribution is -0.377. The zero-order valence-corrected chi connectivity index (χ0v) is 16.5. The molecular weight excluding hydrogens is 402 g/mol. The van der Waals surface area contributed by atoms with Crippen LogP contribution in [0.15, 0.2) is 83.8 Å². The zero-order chi connectivity index (χ0) is 21.1. The number of H-pyrrole nitrogens is 1. The molecule has 3 aromatic rings. The molecule has 1 aliphatic carbocycles. The van der Waals surface area contributed by atoms with E-state index in [4.69, 9.17) is 11.6 Å². The van der Waals surface area contributed by atoms with E-state index in [0.717, 1.165) is 5.56 Å². The molecule has 30 heavy (non-hydrogen) atoms. The molecule has 0 bridgehead atoms. The number of halogens is 1. The van der Waals surface area contributed by atoms with Gasteiger partial charge in [-0.2, -0.15) is 0 Å². The number of aromatic amines is 1. The maximum absolute atomic E-state index is 12.7. The molecule has 148 valence electrons. The number of amides is 1. The van der Waals surface area contributed by atoms with E-state index in [1.165, 1.54) is 0 Å². The summed E-state index contributed by atoms with van der Waals surface area (Å²) >= 11 is 6.16. The summed E-state index contributed by atoms with van der Waals surface area (Å²) in [5, 5.41) is 5.66. The summed E-state index contributed by atoms with van der Waals surface area (Å²) in [5.41, 5.74) is 2.75. The normalized spacial score (nSPS) is 13.1. The van der Waals surface area contributed by atoms with Crippen molar-refractivity contribution < 1.29 is 19.4 Å². The van der Waals surface area contributed by atoms with Crippen LogP contribution < -0.4 is 15.6 Å². The van der Waals surface area contributed by atoms with Gasteiger partial charge in [-0.25, -0.2) is 4.98 Å². The van der Waals surface area contributed by atoms with Gasteiger partial charge in [0.15, 0.2) is 12.4 Å². The van der Waals surface area contributed by atoms with Crippen molar-refractivity contribution in [3.63, 3.8) is 0 Å². The quantitative estimate of drug-likeness (QED) is 0.664. The number of ketones is 2. The van der Waals surface area contributed by atoms with Crippen LogP contribution in [0.1, 0.15) is 36.6 Å². The molecule has 3 N–H and O–H groups in total. The van der Waals surface area contributed by atoms with E-state index >= 15 is 0 Å². The van der Waals surface area contributed by atoms with Crippen LogP contribution in [0, 0.1) is 0 Å². The number of allylic oxidation sites excluding steroid dienone is 2. The topological polar surface area (TPSA) is 89.4 Å². The number of carbonyl (C=O) groups is 3. The Bertz CT molecular complexity index is 1170. The monoisotopic (exact) mass is 418 g/mol. The number of carbonyl (C=O) groups excluding carboxylic acids is 3. The lowest BCUT2D eigenvalue weighted by atomic mass is 9.92. The minimum Gasteiger partial charge on any atom is -0.376 e. The highest BCUT2D eigenvalue weighted by molar-refractivity contribution is 6.49. The molecule has 0 fully saturated rings. The van der Waals surface area contributed by atoms with E-state index in [9.17, 15) is 14.4 Å². The molecule has 0 aliphatic heterocycles. The third-order valence-corrected chi connectivity index (χ3v) is 5.08. The van der Waals surface area contributed by atoms with Gasteiger partial charge < -0.3 is 10.6 Å². The van der Waals surface area contributed by atoms with E-state index in [1.807, 2.05) is 0 Å². The lowest BCUT2D eigenvalue weighted by Crippen LogP contribution is -2.28. The number of hydrogen-bond acceptors (Lipinski definition) is 4. The van der Waals surface area contributed by atoms with Gasteiger partial charge in [0.1, 0.15) is 10.7 Å². The van der Waals surface area contributed by atoms with Gasteiger partial charge in [-0.15, -0.1) is 0 Å². The lowest BCUT2D eigenvalue weighted by Gasteiger charge is -2.19. The second-order valence-electron chi connectivity index (χ2n) is 6.69. The number of aromatic nitrogens is 1. The first-order valence-electron chi connectivity index (χ1n) is 9.23. The maximum atomic E-state index is 12.7. The summed E-state index contributed by atoms with van der Waals surface area (Å²) < 4.78 is 0. The summed E-state index contributed by atoms with van der Waals surface area (Å²) in [6, 6.07) is 17.1. The number of anilines is 1. The number of nitrogens with one attached hydrogen (secondary N) is 3. The first-order chi connectivity index (χ1) is 14.5. The Hall–Kier alpha value is -3.77. The van der Waals surface area contributed by atoms with Gasteiger partial charge in [-0.3, -0.25) is 14.4 Å². The molecule has 0 saturated carbocycles. The van der Waals surface area contributed by atoms with Gasteiger partial charge in [0.25, 0.3) is 5.91 Å². The molecule has 0 spiro atoms. The predicted octanol–water partition coefficient (Wildman–Crippen LogP) is 3.37. The highest BCUT2D eigenvalue weighted by Gasteiger charge is 2.30. The molecule has 7 heteroatoms. The van der Waals surface area contributed by atoms with Crippen LogP contribution in [-0.2, 0) is 6.54 Å². The highest BCUT2D eigenvalue weighted by Crippen LogP contribution is 2.27. The number of pyridine rings is 1. The van der Waals surface area contributed by atoms with Gasteiger partial charge in [0.2, 0.25) is 11.6 Å². The van der Waals surface area contributed by atoms with Crippen molar-refractivity contribution in [2.24, 2.45) is 0 Å².